The highest BCUT2D eigenvalue weighted by Gasteiger charge is 2.20. The van der Waals surface area contributed by atoms with Crippen LogP contribution in [-0.2, 0) is 0 Å². The summed E-state index contributed by atoms with van der Waals surface area (Å²) in [5, 5.41) is 13.9. The highest BCUT2D eigenvalue weighted by atomic mass is 16.6. The van der Waals surface area contributed by atoms with Gasteiger partial charge >= 0.3 is 5.69 Å². The second-order valence-corrected chi connectivity index (χ2v) is 4.08. The van der Waals surface area contributed by atoms with E-state index in [1.54, 1.807) is 31.3 Å². The van der Waals surface area contributed by atoms with Gasteiger partial charge in [0.15, 0.2) is 0 Å². The van der Waals surface area contributed by atoms with Crippen LogP contribution >= 0.6 is 0 Å². The Morgan fingerprint density at radius 3 is 2.58 bits per heavy atom. The number of benzene rings is 2. The van der Waals surface area contributed by atoms with Gasteiger partial charge < -0.3 is 10.1 Å². The molecule has 5 nitrogen and oxygen atoms in total. The summed E-state index contributed by atoms with van der Waals surface area (Å²) in [4.78, 5) is 10.7. The lowest BCUT2D eigenvalue weighted by Gasteiger charge is -2.09. The van der Waals surface area contributed by atoms with Crippen LogP contribution in [0.2, 0.25) is 0 Å². The van der Waals surface area contributed by atoms with Gasteiger partial charge in [-0.1, -0.05) is 18.2 Å². The number of nitrogens with one attached hydrogen (secondary N) is 1. The van der Waals surface area contributed by atoms with Gasteiger partial charge in [-0.15, -0.1) is 0 Å². The lowest BCUT2D eigenvalue weighted by Crippen LogP contribution is -1.99. The number of aryl methyl sites for hydroxylation is 1. The molecule has 0 aliphatic heterocycles. The van der Waals surface area contributed by atoms with Crippen molar-refractivity contribution >= 4 is 11.4 Å². The Morgan fingerprint density at radius 1 is 1.21 bits per heavy atom. The van der Waals surface area contributed by atoms with Crippen LogP contribution in [0.5, 0.6) is 11.5 Å². The lowest BCUT2D eigenvalue weighted by molar-refractivity contribution is -0.384. The molecule has 2 rings (SSSR count). The van der Waals surface area contributed by atoms with E-state index >= 15 is 0 Å². The lowest BCUT2D eigenvalue weighted by atomic mass is 10.2. The Labute approximate surface area is 111 Å². The van der Waals surface area contributed by atoms with Crippen LogP contribution in [0.3, 0.4) is 0 Å². The Hall–Kier alpha value is -2.56. The monoisotopic (exact) mass is 258 g/mol. The van der Waals surface area contributed by atoms with Gasteiger partial charge in [0, 0.05) is 7.05 Å². The number of rotatable bonds is 4. The minimum Gasteiger partial charge on any atom is -0.450 e. The third-order valence-electron chi connectivity index (χ3n) is 2.67. The minimum atomic E-state index is -0.447. The molecule has 0 atom stereocenters. The first-order chi connectivity index (χ1) is 9.11. The maximum absolute atomic E-state index is 11.1. The molecule has 0 aliphatic carbocycles. The van der Waals surface area contributed by atoms with Gasteiger partial charge in [-0.05, 0) is 36.8 Å². The van der Waals surface area contributed by atoms with Gasteiger partial charge in [-0.2, -0.15) is 0 Å². The van der Waals surface area contributed by atoms with Crippen LogP contribution in [0, 0.1) is 17.0 Å². The topological polar surface area (TPSA) is 64.4 Å². The van der Waals surface area contributed by atoms with Crippen molar-refractivity contribution in [1.82, 2.24) is 0 Å². The van der Waals surface area contributed by atoms with Crippen molar-refractivity contribution in [1.29, 1.82) is 0 Å². The van der Waals surface area contributed by atoms with Gasteiger partial charge in [-0.25, -0.2) is 0 Å². The molecule has 0 amide bonds. The van der Waals surface area contributed by atoms with E-state index in [-0.39, 0.29) is 11.4 Å². The Bertz CT molecular complexity index is 611. The molecule has 19 heavy (non-hydrogen) atoms. The fraction of sp³-hybridized carbons (Fsp3) is 0.143. The largest absolute Gasteiger partial charge is 0.450 e. The molecule has 0 saturated carbocycles. The molecule has 2 aromatic carbocycles. The molecular weight excluding hydrogens is 244 g/mol. The predicted molar refractivity (Wildman–Crippen MR) is 73.9 cm³/mol. The second-order valence-electron chi connectivity index (χ2n) is 4.08. The van der Waals surface area contributed by atoms with Crippen LogP contribution in [0.25, 0.3) is 0 Å². The van der Waals surface area contributed by atoms with E-state index in [0.29, 0.717) is 11.4 Å². The molecule has 0 spiro atoms. The average Bonchev–Trinajstić information content (AvgIpc) is 2.38. The van der Waals surface area contributed by atoms with Crippen molar-refractivity contribution in [2.24, 2.45) is 0 Å². The smallest absolute Gasteiger partial charge is 0.334 e. The van der Waals surface area contributed by atoms with Gasteiger partial charge in [0.1, 0.15) is 11.4 Å². The summed E-state index contributed by atoms with van der Waals surface area (Å²) < 4.78 is 5.61. The van der Waals surface area contributed by atoms with Gasteiger partial charge in [-0.3, -0.25) is 10.1 Å². The standard InChI is InChI=1S/C14H14N2O3/c1-10-5-3-6-11(9-10)19-13-8-4-7-12(15-2)14(13)16(17)18/h3-9,15H,1-2H3. The number of anilines is 1. The SMILES string of the molecule is CNc1cccc(Oc2cccc(C)c2)c1[N+](=O)[O-]. The van der Waals surface area contributed by atoms with E-state index in [1.165, 1.54) is 0 Å². The molecule has 0 unspecified atom stereocenters. The molecule has 0 heterocycles. The van der Waals surface area contributed by atoms with Gasteiger partial charge in [0.05, 0.1) is 4.92 Å². The fourth-order valence-corrected chi connectivity index (χ4v) is 1.80. The maximum atomic E-state index is 11.1. The van der Waals surface area contributed by atoms with Crippen molar-refractivity contribution < 1.29 is 9.66 Å². The third kappa shape index (κ3) is 2.82. The van der Waals surface area contributed by atoms with Crippen LogP contribution in [0.15, 0.2) is 42.5 Å². The zero-order valence-electron chi connectivity index (χ0n) is 10.7. The first-order valence-electron chi connectivity index (χ1n) is 5.81. The molecule has 1 N–H and O–H groups in total. The molecule has 0 aromatic heterocycles. The van der Waals surface area contributed by atoms with Crippen LogP contribution in [0.1, 0.15) is 5.56 Å². The van der Waals surface area contributed by atoms with E-state index in [1.807, 2.05) is 25.1 Å². The third-order valence-corrected chi connectivity index (χ3v) is 2.67. The zero-order valence-corrected chi connectivity index (χ0v) is 10.7. The molecule has 0 aliphatic rings. The zero-order chi connectivity index (χ0) is 13.8. The van der Waals surface area contributed by atoms with E-state index in [4.69, 9.17) is 4.74 Å². The molecule has 2 aromatic rings. The van der Waals surface area contributed by atoms with Crippen molar-refractivity contribution in [3.05, 3.63) is 58.1 Å². The number of para-hydroxylation sites is 1. The Kier molecular flexibility index (Phi) is 3.66. The second kappa shape index (κ2) is 5.39. The summed E-state index contributed by atoms with van der Waals surface area (Å²) in [6.45, 7) is 1.94. The van der Waals surface area contributed by atoms with E-state index in [9.17, 15) is 10.1 Å². The molecule has 0 bridgehead atoms. The first-order valence-corrected chi connectivity index (χ1v) is 5.81. The quantitative estimate of drug-likeness (QED) is 0.670. The van der Waals surface area contributed by atoms with Gasteiger partial charge in [0.25, 0.3) is 0 Å². The van der Waals surface area contributed by atoms with Crippen molar-refractivity contribution in [3.8, 4) is 11.5 Å². The predicted octanol–water partition coefficient (Wildman–Crippen LogP) is 3.74. The number of hydrogen-bond donors (Lipinski definition) is 1. The van der Waals surface area contributed by atoms with E-state index < -0.39 is 4.92 Å². The summed E-state index contributed by atoms with van der Waals surface area (Å²) >= 11 is 0. The number of ether oxygens (including phenoxy) is 1. The Balaban J connectivity index is 2.42. The molecule has 5 heteroatoms. The molecule has 0 radical (unpaired) electrons. The fourth-order valence-electron chi connectivity index (χ4n) is 1.80. The normalized spacial score (nSPS) is 10.0. The summed E-state index contributed by atoms with van der Waals surface area (Å²) in [7, 11) is 1.64. The Morgan fingerprint density at radius 2 is 1.95 bits per heavy atom. The summed E-state index contributed by atoms with van der Waals surface area (Å²) in [5.74, 6) is 0.804. The van der Waals surface area contributed by atoms with Crippen molar-refractivity contribution in [2.75, 3.05) is 12.4 Å². The van der Waals surface area contributed by atoms with Crippen molar-refractivity contribution in [3.63, 3.8) is 0 Å². The summed E-state index contributed by atoms with van der Waals surface area (Å²) in [5.41, 5.74) is 1.39. The molecule has 0 fully saturated rings. The van der Waals surface area contributed by atoms with Gasteiger partial charge in [0.2, 0.25) is 5.75 Å². The summed E-state index contributed by atoms with van der Waals surface area (Å²) in [6, 6.07) is 12.3. The maximum Gasteiger partial charge on any atom is 0.334 e. The summed E-state index contributed by atoms with van der Waals surface area (Å²) in [6.07, 6.45) is 0. The molecule has 0 saturated heterocycles. The average molecular weight is 258 g/mol. The first kappa shape index (κ1) is 12.9. The minimum absolute atomic E-state index is 0.0634. The van der Waals surface area contributed by atoms with Crippen LogP contribution in [0.4, 0.5) is 11.4 Å². The van der Waals surface area contributed by atoms with Crippen LogP contribution in [-0.4, -0.2) is 12.0 Å². The highest BCUT2D eigenvalue weighted by molar-refractivity contribution is 5.68. The highest BCUT2D eigenvalue weighted by Crippen LogP contribution is 2.37. The number of hydrogen-bond acceptors (Lipinski definition) is 4. The molecule has 98 valence electrons. The molecular formula is C14H14N2O3. The van der Waals surface area contributed by atoms with E-state index in [2.05, 4.69) is 5.32 Å². The van der Waals surface area contributed by atoms with Crippen molar-refractivity contribution in [2.45, 2.75) is 6.92 Å². The number of nitro groups is 1. The number of nitrogens with zero attached hydrogens (tertiary/aromatic N) is 1. The van der Waals surface area contributed by atoms with E-state index in [0.717, 1.165) is 5.56 Å². The number of nitro benzene ring substituents is 1. The van der Waals surface area contributed by atoms with Crippen LogP contribution < -0.4 is 10.1 Å².